The summed E-state index contributed by atoms with van der Waals surface area (Å²) in [4.78, 5) is 35.2. The molecule has 0 bridgehead atoms. The molecule has 0 spiro atoms. The van der Waals surface area contributed by atoms with Gasteiger partial charge in [-0.3, -0.25) is 14.4 Å². The van der Waals surface area contributed by atoms with Crippen molar-refractivity contribution in [1.82, 2.24) is 10.6 Å². The Bertz CT molecular complexity index is 610. The molecule has 0 aliphatic heterocycles. The zero-order valence-corrected chi connectivity index (χ0v) is 14.5. The van der Waals surface area contributed by atoms with Crippen molar-refractivity contribution in [1.29, 1.82) is 0 Å². The first-order chi connectivity index (χ1) is 12.0. The third-order valence-corrected chi connectivity index (χ3v) is 3.90. The molecule has 1 saturated carbocycles. The van der Waals surface area contributed by atoms with Crippen LogP contribution in [0.4, 0.5) is 0 Å². The third-order valence-electron chi connectivity index (χ3n) is 3.90. The van der Waals surface area contributed by atoms with Crippen molar-refractivity contribution in [2.24, 2.45) is 5.92 Å². The van der Waals surface area contributed by atoms with Crippen LogP contribution in [-0.2, 0) is 14.3 Å². The molecule has 7 heteroatoms. The van der Waals surface area contributed by atoms with Gasteiger partial charge >= 0.3 is 5.97 Å². The molecule has 2 amide bonds. The Morgan fingerprint density at radius 3 is 2.48 bits per heavy atom. The van der Waals surface area contributed by atoms with Crippen LogP contribution in [-0.4, -0.2) is 43.6 Å². The Labute approximate surface area is 147 Å². The van der Waals surface area contributed by atoms with Crippen LogP contribution in [0.25, 0.3) is 0 Å². The molecule has 0 heterocycles. The van der Waals surface area contributed by atoms with Gasteiger partial charge in [0, 0.05) is 11.6 Å². The lowest BCUT2D eigenvalue weighted by atomic mass is 10.2. The number of nitrogens with one attached hydrogen (secondary N) is 2. The predicted molar refractivity (Wildman–Crippen MR) is 91.2 cm³/mol. The zero-order chi connectivity index (χ0) is 18.2. The van der Waals surface area contributed by atoms with Crippen molar-refractivity contribution in [2.45, 2.75) is 32.7 Å². The standard InChI is InChI=1S/C18H24N2O5/c1-3-24-15-8-6-14(7-9-15)18(23)19-10-17(22)25-11-16(21)20-12(2)13-4-5-13/h6-9,12-13H,3-5,10-11H2,1-2H3,(H,19,23)(H,20,21)/t12-/m1/s1. The number of carbonyl (C=O) groups is 3. The number of ether oxygens (including phenoxy) is 2. The van der Waals surface area contributed by atoms with Crippen LogP contribution in [0.2, 0.25) is 0 Å². The number of carbonyl (C=O) groups excluding carboxylic acids is 3. The van der Waals surface area contributed by atoms with Gasteiger partial charge < -0.3 is 20.1 Å². The summed E-state index contributed by atoms with van der Waals surface area (Å²) in [7, 11) is 0. The van der Waals surface area contributed by atoms with Crippen LogP contribution in [0.3, 0.4) is 0 Å². The van der Waals surface area contributed by atoms with Gasteiger partial charge in [0.1, 0.15) is 12.3 Å². The topological polar surface area (TPSA) is 93.7 Å². The highest BCUT2D eigenvalue weighted by atomic mass is 16.5. The Hall–Kier alpha value is -2.57. The summed E-state index contributed by atoms with van der Waals surface area (Å²) in [6.07, 6.45) is 2.25. The third kappa shape index (κ3) is 6.45. The van der Waals surface area contributed by atoms with Gasteiger partial charge in [-0.15, -0.1) is 0 Å². The lowest BCUT2D eigenvalue weighted by Crippen LogP contribution is -2.38. The van der Waals surface area contributed by atoms with E-state index in [0.29, 0.717) is 23.8 Å². The smallest absolute Gasteiger partial charge is 0.325 e. The van der Waals surface area contributed by atoms with E-state index in [1.807, 2.05) is 13.8 Å². The fourth-order valence-corrected chi connectivity index (χ4v) is 2.33. The minimum Gasteiger partial charge on any atom is -0.494 e. The first kappa shape index (κ1) is 18.8. The van der Waals surface area contributed by atoms with E-state index >= 15 is 0 Å². The monoisotopic (exact) mass is 348 g/mol. The molecule has 7 nitrogen and oxygen atoms in total. The summed E-state index contributed by atoms with van der Waals surface area (Å²) < 4.78 is 10.2. The fourth-order valence-electron chi connectivity index (χ4n) is 2.33. The molecule has 0 unspecified atom stereocenters. The van der Waals surface area contributed by atoms with Crippen LogP contribution in [0, 0.1) is 5.92 Å². The summed E-state index contributed by atoms with van der Waals surface area (Å²) in [6.45, 7) is 3.73. The maximum atomic E-state index is 11.9. The van der Waals surface area contributed by atoms with Crippen molar-refractivity contribution in [3.63, 3.8) is 0 Å². The lowest BCUT2D eigenvalue weighted by molar-refractivity contribution is -0.147. The number of hydrogen-bond acceptors (Lipinski definition) is 5. The molecule has 1 aliphatic carbocycles. The van der Waals surface area contributed by atoms with Crippen LogP contribution < -0.4 is 15.4 Å². The van der Waals surface area contributed by atoms with E-state index in [9.17, 15) is 14.4 Å². The summed E-state index contributed by atoms with van der Waals surface area (Å²) in [5.74, 6) is -0.177. The van der Waals surface area contributed by atoms with Gasteiger partial charge in [-0.2, -0.15) is 0 Å². The Kier molecular flexibility index (Phi) is 6.80. The van der Waals surface area contributed by atoms with Crippen LogP contribution in [0.1, 0.15) is 37.0 Å². The maximum absolute atomic E-state index is 11.9. The number of esters is 1. The van der Waals surface area contributed by atoms with Crippen molar-refractivity contribution >= 4 is 17.8 Å². The van der Waals surface area contributed by atoms with E-state index in [1.165, 1.54) is 0 Å². The van der Waals surface area contributed by atoms with Crippen molar-refractivity contribution < 1.29 is 23.9 Å². The molecule has 1 aromatic rings. The second kappa shape index (κ2) is 9.05. The normalized spacial score (nSPS) is 14.3. The van der Waals surface area contributed by atoms with E-state index in [2.05, 4.69) is 10.6 Å². The Morgan fingerprint density at radius 2 is 1.88 bits per heavy atom. The molecule has 1 aliphatic rings. The van der Waals surface area contributed by atoms with Gasteiger partial charge in [0.25, 0.3) is 11.8 Å². The molecule has 2 rings (SSSR count). The van der Waals surface area contributed by atoms with Gasteiger partial charge in [-0.25, -0.2) is 0 Å². The van der Waals surface area contributed by atoms with E-state index < -0.39 is 11.9 Å². The molecule has 1 aromatic carbocycles. The van der Waals surface area contributed by atoms with Gasteiger partial charge in [0.05, 0.1) is 6.61 Å². The zero-order valence-electron chi connectivity index (χ0n) is 14.5. The minimum atomic E-state index is -0.659. The average molecular weight is 348 g/mol. The van der Waals surface area contributed by atoms with Gasteiger partial charge in [-0.1, -0.05) is 0 Å². The fraction of sp³-hybridized carbons (Fsp3) is 0.500. The molecule has 0 radical (unpaired) electrons. The average Bonchev–Trinajstić information content (AvgIpc) is 3.44. The van der Waals surface area contributed by atoms with Crippen molar-refractivity contribution in [3.05, 3.63) is 29.8 Å². The molecule has 136 valence electrons. The van der Waals surface area contributed by atoms with Crippen LogP contribution in [0.5, 0.6) is 5.75 Å². The molecular weight excluding hydrogens is 324 g/mol. The molecule has 2 N–H and O–H groups in total. The molecule has 0 saturated heterocycles. The van der Waals surface area contributed by atoms with Gasteiger partial charge in [-0.05, 0) is 56.9 Å². The SMILES string of the molecule is CCOc1ccc(C(=O)NCC(=O)OCC(=O)N[C@H](C)C2CC2)cc1. The first-order valence-corrected chi connectivity index (χ1v) is 8.45. The molecule has 0 aromatic heterocycles. The summed E-state index contributed by atoms with van der Waals surface area (Å²) in [5.41, 5.74) is 0.409. The van der Waals surface area contributed by atoms with E-state index in [4.69, 9.17) is 9.47 Å². The van der Waals surface area contributed by atoms with E-state index in [0.717, 1.165) is 12.8 Å². The summed E-state index contributed by atoms with van der Waals surface area (Å²) in [5, 5.41) is 5.25. The second-order valence-corrected chi connectivity index (χ2v) is 5.99. The van der Waals surface area contributed by atoms with Crippen LogP contribution in [0.15, 0.2) is 24.3 Å². The number of hydrogen-bond donors (Lipinski definition) is 2. The molecule has 25 heavy (non-hydrogen) atoms. The quantitative estimate of drug-likeness (QED) is 0.656. The van der Waals surface area contributed by atoms with Crippen molar-refractivity contribution in [3.8, 4) is 5.75 Å². The Morgan fingerprint density at radius 1 is 1.20 bits per heavy atom. The maximum Gasteiger partial charge on any atom is 0.325 e. The minimum absolute atomic E-state index is 0.102. The summed E-state index contributed by atoms with van der Waals surface area (Å²) in [6, 6.07) is 6.69. The second-order valence-electron chi connectivity index (χ2n) is 5.99. The highest BCUT2D eigenvalue weighted by molar-refractivity contribution is 5.96. The number of rotatable bonds is 9. The predicted octanol–water partition coefficient (Wildman–Crippen LogP) is 1.27. The highest BCUT2D eigenvalue weighted by Crippen LogP contribution is 2.32. The van der Waals surface area contributed by atoms with Crippen LogP contribution >= 0.6 is 0 Å². The number of benzene rings is 1. The van der Waals surface area contributed by atoms with Gasteiger partial charge in [0.2, 0.25) is 0 Å². The lowest BCUT2D eigenvalue weighted by Gasteiger charge is -2.12. The molecular formula is C18H24N2O5. The van der Waals surface area contributed by atoms with Crippen molar-refractivity contribution in [2.75, 3.05) is 19.8 Å². The van der Waals surface area contributed by atoms with E-state index in [-0.39, 0.29) is 25.1 Å². The molecule has 1 atom stereocenters. The highest BCUT2D eigenvalue weighted by Gasteiger charge is 2.28. The summed E-state index contributed by atoms with van der Waals surface area (Å²) >= 11 is 0. The van der Waals surface area contributed by atoms with E-state index in [1.54, 1.807) is 24.3 Å². The largest absolute Gasteiger partial charge is 0.494 e. The Balaban J connectivity index is 1.66. The number of amides is 2. The van der Waals surface area contributed by atoms with Gasteiger partial charge in [0.15, 0.2) is 6.61 Å². The first-order valence-electron chi connectivity index (χ1n) is 8.45. The molecule has 1 fully saturated rings.